The van der Waals surface area contributed by atoms with Gasteiger partial charge in [-0.25, -0.2) is 4.98 Å². The highest BCUT2D eigenvalue weighted by Gasteiger charge is 2.30. The number of alkyl halides is 3. The third-order valence-electron chi connectivity index (χ3n) is 6.74. The minimum absolute atomic E-state index is 0.300. The number of hydrogen-bond acceptors (Lipinski definition) is 3. The summed E-state index contributed by atoms with van der Waals surface area (Å²) in [5.41, 5.74) is 4.06. The fraction of sp³-hybridized carbons (Fsp3) is 0.250. The van der Waals surface area contributed by atoms with E-state index in [0.29, 0.717) is 28.3 Å². The lowest BCUT2D eigenvalue weighted by Crippen LogP contribution is -2.17. The first-order chi connectivity index (χ1) is 17.4. The fourth-order valence-electron chi connectivity index (χ4n) is 4.82. The van der Waals surface area contributed by atoms with Crippen LogP contribution in [0.5, 0.6) is 0 Å². The maximum Gasteiger partial charge on any atom is 0.416 e. The van der Waals surface area contributed by atoms with Crippen molar-refractivity contribution in [1.82, 2.24) is 15.2 Å². The summed E-state index contributed by atoms with van der Waals surface area (Å²) in [5, 5.41) is 9.78. The van der Waals surface area contributed by atoms with Gasteiger partial charge in [0.25, 0.3) is 5.91 Å². The summed E-state index contributed by atoms with van der Waals surface area (Å²) < 4.78 is 38.8. The van der Waals surface area contributed by atoms with Gasteiger partial charge in [-0.3, -0.25) is 9.89 Å². The predicted molar refractivity (Wildman–Crippen MR) is 131 cm³/mol. The van der Waals surface area contributed by atoms with Crippen LogP contribution in [-0.2, 0) is 25.4 Å². The van der Waals surface area contributed by atoms with Gasteiger partial charge in [-0.1, -0.05) is 36.4 Å². The maximum absolute atomic E-state index is 13.1. The van der Waals surface area contributed by atoms with Crippen LogP contribution < -0.4 is 5.32 Å². The van der Waals surface area contributed by atoms with Gasteiger partial charge in [0.05, 0.1) is 5.56 Å². The van der Waals surface area contributed by atoms with Gasteiger partial charge in [0.1, 0.15) is 12.2 Å². The number of nitrogens with one attached hydrogen (secondary N) is 2. The molecule has 1 aliphatic rings. The second kappa shape index (κ2) is 9.97. The van der Waals surface area contributed by atoms with Gasteiger partial charge in [-0.05, 0) is 84.2 Å². The van der Waals surface area contributed by atoms with Crippen molar-refractivity contribution in [3.63, 3.8) is 0 Å². The van der Waals surface area contributed by atoms with Crippen molar-refractivity contribution in [2.45, 2.75) is 38.3 Å². The molecule has 0 saturated heterocycles. The Labute approximate surface area is 206 Å². The highest BCUT2D eigenvalue weighted by Crippen LogP contribution is 2.33. The normalized spacial score (nSPS) is 15.4. The van der Waals surface area contributed by atoms with Crippen molar-refractivity contribution in [1.29, 1.82) is 0 Å². The van der Waals surface area contributed by atoms with Gasteiger partial charge < -0.3 is 5.32 Å². The first-order valence-electron chi connectivity index (χ1n) is 11.9. The lowest BCUT2D eigenvalue weighted by Gasteiger charge is -2.25. The number of halogens is 3. The molecule has 3 aromatic carbocycles. The number of aromatic nitrogens is 3. The second-order valence-corrected chi connectivity index (χ2v) is 9.14. The van der Waals surface area contributed by atoms with Crippen molar-refractivity contribution >= 4 is 11.6 Å². The Hall–Kier alpha value is -3.94. The molecular weight excluding hydrogens is 465 g/mol. The summed E-state index contributed by atoms with van der Waals surface area (Å²) in [5.74, 6) is 1.19. The highest BCUT2D eigenvalue weighted by atomic mass is 19.4. The fourth-order valence-corrected chi connectivity index (χ4v) is 4.82. The molecule has 1 aromatic heterocycles. The molecule has 0 aliphatic heterocycles. The minimum atomic E-state index is -4.40. The smallest absolute Gasteiger partial charge is 0.322 e. The summed E-state index contributed by atoms with van der Waals surface area (Å²) in [6, 6.07) is 17.8. The zero-order valence-corrected chi connectivity index (χ0v) is 19.5. The van der Waals surface area contributed by atoms with Crippen molar-refractivity contribution in [3.05, 3.63) is 101 Å². The number of rotatable bonds is 6. The maximum atomic E-state index is 13.1. The van der Waals surface area contributed by atoms with Crippen molar-refractivity contribution < 1.29 is 18.0 Å². The van der Waals surface area contributed by atoms with Crippen molar-refractivity contribution in [3.8, 4) is 11.1 Å². The second-order valence-electron chi connectivity index (χ2n) is 9.14. The number of benzene rings is 3. The average molecular weight is 491 g/mol. The lowest BCUT2D eigenvalue weighted by molar-refractivity contribution is -0.137. The van der Waals surface area contributed by atoms with E-state index in [1.165, 1.54) is 29.6 Å². The van der Waals surface area contributed by atoms with E-state index in [-0.39, 0.29) is 5.91 Å². The summed E-state index contributed by atoms with van der Waals surface area (Å²) in [4.78, 5) is 17.3. The molecular formula is C28H25F3N4O. The van der Waals surface area contributed by atoms with E-state index in [1.54, 1.807) is 24.3 Å². The molecule has 1 amide bonds. The van der Waals surface area contributed by atoms with Crippen LogP contribution >= 0.6 is 0 Å². The van der Waals surface area contributed by atoms with E-state index >= 15 is 0 Å². The molecule has 2 N–H and O–H groups in total. The Kier molecular flexibility index (Phi) is 6.59. The molecule has 8 heteroatoms. The van der Waals surface area contributed by atoms with Crippen molar-refractivity contribution in [2.24, 2.45) is 5.92 Å². The number of aromatic amines is 1. The molecule has 0 spiro atoms. The Morgan fingerprint density at radius 3 is 2.58 bits per heavy atom. The SMILES string of the molecule is O=C(Nc1ccc2c(c1)CCC(CCc1ncn[nH]1)C2)c1ccccc1-c1ccc(C(F)(F)F)cc1. The van der Waals surface area contributed by atoms with Crippen LogP contribution in [0.2, 0.25) is 0 Å². The number of aryl methyl sites for hydroxylation is 2. The summed E-state index contributed by atoms with van der Waals surface area (Å²) in [6.07, 6.45) is 2.08. The topological polar surface area (TPSA) is 70.7 Å². The molecule has 184 valence electrons. The number of nitrogens with zero attached hydrogens (tertiary/aromatic N) is 2. The molecule has 0 saturated carbocycles. The number of carbonyl (C=O) groups is 1. The number of fused-ring (bicyclic) bond motifs is 1. The Morgan fingerprint density at radius 2 is 1.83 bits per heavy atom. The standard InChI is InChI=1S/C28H25F3N4O/c29-28(30,31)22-11-8-19(9-12-22)24-3-1-2-4-25(24)27(36)34-23-13-10-20-15-18(5-7-21(20)16-23)6-14-26-32-17-33-35-26/h1-4,8-13,16-18H,5-7,14-15H2,(H,34,36)(H,32,33,35). The molecule has 4 aromatic rings. The molecule has 5 rings (SSSR count). The van der Waals surface area contributed by atoms with E-state index in [9.17, 15) is 18.0 Å². The van der Waals surface area contributed by atoms with Crippen LogP contribution in [0.1, 0.15) is 45.7 Å². The summed E-state index contributed by atoms with van der Waals surface area (Å²) in [6.45, 7) is 0. The van der Waals surface area contributed by atoms with Gasteiger partial charge >= 0.3 is 6.18 Å². The quantitative estimate of drug-likeness (QED) is 0.325. The van der Waals surface area contributed by atoms with Gasteiger partial charge in [0, 0.05) is 17.7 Å². The van der Waals surface area contributed by atoms with Gasteiger partial charge in [0.15, 0.2) is 0 Å². The Balaban J connectivity index is 1.28. The number of amides is 1. The number of carbonyl (C=O) groups excluding carboxylic acids is 1. The molecule has 1 atom stereocenters. The largest absolute Gasteiger partial charge is 0.416 e. The van der Waals surface area contributed by atoms with Crippen LogP contribution in [-0.4, -0.2) is 21.1 Å². The third kappa shape index (κ3) is 5.32. The van der Waals surface area contributed by atoms with Crippen LogP contribution in [0.4, 0.5) is 18.9 Å². The van der Waals surface area contributed by atoms with E-state index in [4.69, 9.17) is 0 Å². The molecule has 0 radical (unpaired) electrons. The predicted octanol–water partition coefficient (Wildman–Crippen LogP) is 6.48. The highest BCUT2D eigenvalue weighted by molar-refractivity contribution is 6.08. The molecule has 1 aliphatic carbocycles. The summed E-state index contributed by atoms with van der Waals surface area (Å²) in [7, 11) is 0. The third-order valence-corrected chi connectivity index (χ3v) is 6.74. The minimum Gasteiger partial charge on any atom is -0.322 e. The van der Waals surface area contributed by atoms with Crippen LogP contribution in [0.15, 0.2) is 73.1 Å². The van der Waals surface area contributed by atoms with Crippen LogP contribution in [0, 0.1) is 5.92 Å². The number of anilines is 1. The molecule has 36 heavy (non-hydrogen) atoms. The van der Waals surface area contributed by atoms with E-state index < -0.39 is 11.7 Å². The monoisotopic (exact) mass is 490 g/mol. The van der Waals surface area contributed by atoms with E-state index in [2.05, 4.69) is 26.6 Å². The number of hydrogen-bond donors (Lipinski definition) is 2. The van der Waals surface area contributed by atoms with Gasteiger partial charge in [0.2, 0.25) is 0 Å². The Bertz CT molecular complexity index is 1350. The number of H-pyrrole nitrogens is 1. The zero-order chi connectivity index (χ0) is 25.1. The molecule has 5 nitrogen and oxygen atoms in total. The van der Waals surface area contributed by atoms with Crippen LogP contribution in [0.3, 0.4) is 0 Å². The lowest BCUT2D eigenvalue weighted by atomic mass is 9.81. The Morgan fingerprint density at radius 1 is 1.03 bits per heavy atom. The average Bonchev–Trinajstić information content (AvgIpc) is 3.41. The van der Waals surface area contributed by atoms with Crippen molar-refractivity contribution in [2.75, 3.05) is 5.32 Å². The molecule has 0 bridgehead atoms. The molecule has 1 unspecified atom stereocenters. The van der Waals surface area contributed by atoms with E-state index in [0.717, 1.165) is 50.1 Å². The first-order valence-corrected chi connectivity index (χ1v) is 11.9. The molecule has 0 fully saturated rings. The van der Waals surface area contributed by atoms with E-state index in [1.807, 2.05) is 12.1 Å². The first kappa shape index (κ1) is 23.8. The van der Waals surface area contributed by atoms with Crippen LogP contribution in [0.25, 0.3) is 11.1 Å². The summed E-state index contributed by atoms with van der Waals surface area (Å²) >= 11 is 0. The van der Waals surface area contributed by atoms with Gasteiger partial charge in [-0.2, -0.15) is 18.3 Å². The van der Waals surface area contributed by atoms with Gasteiger partial charge in [-0.15, -0.1) is 0 Å². The zero-order valence-electron chi connectivity index (χ0n) is 19.5. The molecule has 1 heterocycles.